The SMILES string of the molecule is COC(=O)c1cccc(N2CCC[C@@H](OCc3sc(-c4ccc(Cl)cc4)nc3C)C2)c1. The molecular weight excluding hydrogens is 432 g/mol. The van der Waals surface area contributed by atoms with Crippen LogP contribution in [0.25, 0.3) is 10.6 Å². The monoisotopic (exact) mass is 456 g/mol. The summed E-state index contributed by atoms with van der Waals surface area (Å²) in [7, 11) is 1.40. The Kier molecular flexibility index (Phi) is 6.90. The minimum absolute atomic E-state index is 0.135. The molecule has 0 unspecified atom stereocenters. The van der Waals surface area contributed by atoms with Crippen molar-refractivity contribution >= 4 is 34.6 Å². The average Bonchev–Trinajstić information content (AvgIpc) is 3.18. The van der Waals surface area contributed by atoms with E-state index >= 15 is 0 Å². The number of halogens is 1. The third-order valence-electron chi connectivity index (χ3n) is 5.44. The average molecular weight is 457 g/mol. The van der Waals surface area contributed by atoms with Crippen molar-refractivity contribution in [1.82, 2.24) is 4.98 Å². The molecule has 0 bridgehead atoms. The van der Waals surface area contributed by atoms with Crippen LogP contribution in [0, 0.1) is 6.92 Å². The van der Waals surface area contributed by atoms with E-state index in [1.807, 2.05) is 49.4 Å². The summed E-state index contributed by atoms with van der Waals surface area (Å²) in [6, 6.07) is 15.3. The molecule has 2 heterocycles. The molecule has 0 spiro atoms. The van der Waals surface area contributed by atoms with Gasteiger partial charge >= 0.3 is 5.97 Å². The highest BCUT2D eigenvalue weighted by Gasteiger charge is 2.22. The molecule has 2 aromatic carbocycles. The number of piperidine rings is 1. The Morgan fingerprint density at radius 1 is 1.26 bits per heavy atom. The summed E-state index contributed by atoms with van der Waals surface area (Å²) < 4.78 is 11.1. The predicted octanol–water partition coefficient (Wildman–Crippen LogP) is 5.74. The molecule has 1 saturated heterocycles. The number of hydrogen-bond donors (Lipinski definition) is 0. The van der Waals surface area contributed by atoms with Crippen molar-refractivity contribution in [2.24, 2.45) is 0 Å². The van der Waals surface area contributed by atoms with Crippen molar-refractivity contribution in [3.05, 3.63) is 69.7 Å². The van der Waals surface area contributed by atoms with Gasteiger partial charge in [0, 0.05) is 29.4 Å². The largest absolute Gasteiger partial charge is 0.465 e. The van der Waals surface area contributed by atoms with Gasteiger partial charge in [-0.15, -0.1) is 11.3 Å². The van der Waals surface area contributed by atoms with E-state index < -0.39 is 0 Å². The van der Waals surface area contributed by atoms with Crippen molar-refractivity contribution in [3.63, 3.8) is 0 Å². The van der Waals surface area contributed by atoms with E-state index in [-0.39, 0.29) is 12.1 Å². The standard InChI is InChI=1S/C24H25ClN2O3S/c1-16-22(31-23(26-16)17-8-10-19(25)11-9-17)15-30-21-7-4-12-27(14-21)20-6-3-5-18(13-20)24(28)29-2/h3,5-6,8-11,13,21H,4,7,12,14-15H2,1-2H3/t21-/m1/s1. The van der Waals surface area contributed by atoms with Gasteiger partial charge < -0.3 is 14.4 Å². The van der Waals surface area contributed by atoms with Crippen LogP contribution in [0.3, 0.4) is 0 Å². The molecule has 1 aromatic heterocycles. The van der Waals surface area contributed by atoms with Crippen LogP contribution in [-0.2, 0) is 16.1 Å². The number of thiazole rings is 1. The van der Waals surface area contributed by atoms with Crippen LogP contribution in [0.15, 0.2) is 48.5 Å². The molecule has 0 radical (unpaired) electrons. The molecular formula is C24H25ClN2O3S. The summed E-state index contributed by atoms with van der Waals surface area (Å²) in [6.45, 7) is 4.33. The van der Waals surface area contributed by atoms with Crippen LogP contribution < -0.4 is 4.90 Å². The molecule has 1 atom stereocenters. The van der Waals surface area contributed by atoms with Crippen LogP contribution in [0.4, 0.5) is 5.69 Å². The normalized spacial score (nSPS) is 16.4. The van der Waals surface area contributed by atoms with Gasteiger partial charge in [-0.05, 0) is 50.1 Å². The van der Waals surface area contributed by atoms with Gasteiger partial charge in [0.05, 0.1) is 36.0 Å². The quantitative estimate of drug-likeness (QED) is 0.442. The molecule has 0 saturated carbocycles. The van der Waals surface area contributed by atoms with Crippen molar-refractivity contribution in [2.75, 3.05) is 25.1 Å². The fraction of sp³-hybridized carbons (Fsp3) is 0.333. The second-order valence-electron chi connectivity index (χ2n) is 7.60. The highest BCUT2D eigenvalue weighted by atomic mass is 35.5. The molecule has 0 amide bonds. The lowest BCUT2D eigenvalue weighted by Crippen LogP contribution is -2.39. The number of carbonyl (C=O) groups is 1. The fourth-order valence-corrected chi connectivity index (χ4v) is 4.84. The Morgan fingerprint density at radius 2 is 2.06 bits per heavy atom. The molecule has 0 aliphatic carbocycles. The Labute approximate surface area is 191 Å². The van der Waals surface area contributed by atoms with Gasteiger partial charge in [0.25, 0.3) is 0 Å². The molecule has 3 aromatic rings. The maximum Gasteiger partial charge on any atom is 0.337 e. The van der Waals surface area contributed by atoms with Crippen LogP contribution in [-0.4, -0.2) is 37.3 Å². The zero-order valence-corrected chi connectivity index (χ0v) is 19.2. The highest BCUT2D eigenvalue weighted by Crippen LogP contribution is 2.30. The first kappa shape index (κ1) is 21.8. The van der Waals surface area contributed by atoms with Crippen molar-refractivity contribution in [2.45, 2.75) is 32.5 Å². The molecule has 5 nitrogen and oxygen atoms in total. The second-order valence-corrected chi connectivity index (χ2v) is 9.12. The number of aromatic nitrogens is 1. The Hall–Kier alpha value is -2.41. The first-order chi connectivity index (χ1) is 15.0. The third-order valence-corrected chi connectivity index (χ3v) is 6.88. The number of anilines is 1. The van der Waals surface area contributed by atoms with E-state index in [1.54, 1.807) is 17.4 Å². The topological polar surface area (TPSA) is 51.7 Å². The van der Waals surface area contributed by atoms with Gasteiger partial charge in [0.2, 0.25) is 0 Å². The zero-order chi connectivity index (χ0) is 21.8. The van der Waals surface area contributed by atoms with Crippen molar-refractivity contribution < 1.29 is 14.3 Å². The number of rotatable bonds is 6. The van der Waals surface area contributed by atoms with E-state index in [0.29, 0.717) is 12.2 Å². The summed E-state index contributed by atoms with van der Waals surface area (Å²) in [4.78, 5) is 20.0. The molecule has 1 aliphatic heterocycles. The summed E-state index contributed by atoms with van der Waals surface area (Å²) >= 11 is 7.66. The molecule has 162 valence electrons. The van der Waals surface area contributed by atoms with E-state index in [0.717, 1.165) is 57.8 Å². The Morgan fingerprint density at radius 3 is 2.84 bits per heavy atom. The maximum atomic E-state index is 11.8. The van der Waals surface area contributed by atoms with Crippen LogP contribution >= 0.6 is 22.9 Å². The second kappa shape index (κ2) is 9.81. The van der Waals surface area contributed by atoms with E-state index in [2.05, 4.69) is 4.90 Å². The van der Waals surface area contributed by atoms with E-state index in [9.17, 15) is 4.79 Å². The van der Waals surface area contributed by atoms with E-state index in [4.69, 9.17) is 26.1 Å². The Balaban J connectivity index is 1.39. The lowest BCUT2D eigenvalue weighted by molar-refractivity contribution is 0.0327. The summed E-state index contributed by atoms with van der Waals surface area (Å²) in [5, 5.41) is 1.71. The molecule has 1 fully saturated rings. The Bertz CT molecular complexity index is 1050. The van der Waals surface area contributed by atoms with Gasteiger partial charge in [0.15, 0.2) is 0 Å². The number of benzene rings is 2. The number of methoxy groups -OCH3 is 1. The van der Waals surface area contributed by atoms with Crippen LogP contribution in [0.1, 0.15) is 33.8 Å². The highest BCUT2D eigenvalue weighted by molar-refractivity contribution is 7.15. The fourth-order valence-electron chi connectivity index (χ4n) is 3.73. The smallest absolute Gasteiger partial charge is 0.337 e. The van der Waals surface area contributed by atoms with Gasteiger partial charge in [0.1, 0.15) is 5.01 Å². The number of hydrogen-bond acceptors (Lipinski definition) is 6. The van der Waals surface area contributed by atoms with Gasteiger partial charge in [-0.3, -0.25) is 0 Å². The molecule has 31 heavy (non-hydrogen) atoms. The predicted molar refractivity (Wildman–Crippen MR) is 125 cm³/mol. The zero-order valence-electron chi connectivity index (χ0n) is 17.6. The van der Waals surface area contributed by atoms with Gasteiger partial charge in [-0.2, -0.15) is 0 Å². The number of carbonyl (C=O) groups excluding carboxylic acids is 1. The number of ether oxygens (including phenoxy) is 2. The number of aryl methyl sites for hydroxylation is 1. The van der Waals surface area contributed by atoms with Crippen molar-refractivity contribution in [3.8, 4) is 10.6 Å². The lowest BCUT2D eigenvalue weighted by atomic mass is 10.1. The molecule has 0 N–H and O–H groups in total. The number of nitrogens with zero attached hydrogens (tertiary/aromatic N) is 2. The van der Waals surface area contributed by atoms with Gasteiger partial charge in [-0.1, -0.05) is 29.8 Å². The number of esters is 1. The summed E-state index contributed by atoms with van der Waals surface area (Å²) in [6.07, 6.45) is 2.20. The first-order valence-corrected chi connectivity index (χ1v) is 11.5. The third kappa shape index (κ3) is 5.26. The lowest BCUT2D eigenvalue weighted by Gasteiger charge is -2.34. The summed E-state index contributed by atoms with van der Waals surface area (Å²) in [5.74, 6) is -0.316. The van der Waals surface area contributed by atoms with Gasteiger partial charge in [-0.25, -0.2) is 9.78 Å². The molecule has 4 rings (SSSR count). The van der Waals surface area contributed by atoms with Crippen LogP contribution in [0.5, 0.6) is 0 Å². The summed E-state index contributed by atoms with van der Waals surface area (Å²) in [5.41, 5.74) is 3.67. The first-order valence-electron chi connectivity index (χ1n) is 10.3. The van der Waals surface area contributed by atoms with Crippen molar-refractivity contribution in [1.29, 1.82) is 0 Å². The minimum Gasteiger partial charge on any atom is -0.465 e. The minimum atomic E-state index is -0.316. The molecule has 7 heteroatoms. The molecule has 1 aliphatic rings. The van der Waals surface area contributed by atoms with Crippen LogP contribution in [0.2, 0.25) is 5.02 Å². The van der Waals surface area contributed by atoms with E-state index in [1.165, 1.54) is 7.11 Å². The maximum absolute atomic E-state index is 11.8.